The zero-order valence-electron chi connectivity index (χ0n) is 76.6. The molecule has 21 aromatic carbocycles. The van der Waals surface area contributed by atoms with Crippen LogP contribution in [0.25, 0.3) is 249 Å². The van der Waals surface area contributed by atoms with Crippen LogP contribution >= 0.6 is 0 Å². The second-order valence-electron chi connectivity index (χ2n) is 36.5. The summed E-state index contributed by atoms with van der Waals surface area (Å²) in [4.78, 5) is 25.2. The first kappa shape index (κ1) is 81.4. The second kappa shape index (κ2) is 33.5. The fourth-order valence-electron chi connectivity index (χ4n) is 22.0. The third-order valence-corrected chi connectivity index (χ3v) is 28.4. The monoisotopic (exact) mass is 1820 g/mol. The second-order valence-corrected chi connectivity index (χ2v) is 36.5. The van der Waals surface area contributed by atoms with Crippen molar-refractivity contribution >= 4 is 169 Å². The number of rotatable bonds is 11. The number of nitrogens with one attached hydrogen (secondary N) is 2. The molecular weight excluding hydrogens is 1740 g/mol. The quantitative estimate of drug-likeness (QED) is 0.130. The predicted molar refractivity (Wildman–Crippen MR) is 585 cm³/mol. The Morgan fingerprint density at radius 2 is 0.690 bits per heavy atom. The molecule has 13 nitrogen and oxygen atoms in total. The van der Waals surface area contributed by atoms with Gasteiger partial charge in [-0.15, -0.1) is 0 Å². The molecule has 8 aromatic heterocycles. The third kappa shape index (κ3) is 13.5. The summed E-state index contributed by atoms with van der Waals surface area (Å²) in [7, 11) is 0. The third-order valence-electron chi connectivity index (χ3n) is 28.4. The lowest BCUT2D eigenvalue weighted by Crippen LogP contribution is -2.40. The molecule has 2 unspecified atom stereocenters. The fraction of sp³-hybridized carbons (Fsp3) is 0.0155. The van der Waals surface area contributed by atoms with Crippen LogP contribution in [0.15, 0.2) is 488 Å². The van der Waals surface area contributed by atoms with E-state index in [9.17, 15) is 0 Å². The van der Waals surface area contributed by atoms with Gasteiger partial charge < -0.3 is 27.9 Å². The van der Waals surface area contributed by atoms with Crippen LogP contribution in [0.2, 0.25) is 0 Å². The van der Waals surface area contributed by atoms with Crippen LogP contribution in [0.4, 0.5) is 5.69 Å². The average molecular weight is 1820 g/mol. The summed E-state index contributed by atoms with van der Waals surface area (Å²) in [6.07, 6.45) is -0.178. The number of furan rings is 2. The molecule has 2 atom stereocenters. The number of benzene rings is 21. The Labute approximate surface area is 814 Å². The van der Waals surface area contributed by atoms with Crippen LogP contribution in [0, 0.1) is 0 Å². The summed E-state index contributed by atoms with van der Waals surface area (Å²) >= 11 is 0. The van der Waals surface area contributed by atoms with E-state index in [0.29, 0.717) is 17.5 Å². The van der Waals surface area contributed by atoms with Gasteiger partial charge in [0, 0.05) is 98.6 Å². The van der Waals surface area contributed by atoms with Gasteiger partial charge in [-0.05, 0) is 182 Å². The van der Waals surface area contributed by atoms with Crippen molar-refractivity contribution in [1.29, 1.82) is 0 Å². The molecule has 0 fully saturated rings. The Hall–Kier alpha value is -19.0. The Kier molecular flexibility index (Phi) is 19.2. The lowest BCUT2D eigenvalue weighted by atomic mass is 9.93. The first-order chi connectivity index (χ1) is 70.4. The molecule has 0 saturated carbocycles. The largest absolute Gasteiger partial charge is 0.455 e. The molecule has 0 amide bonds. The molecule has 0 saturated heterocycles. The summed E-state index contributed by atoms with van der Waals surface area (Å²) in [5, 5.41) is 26.8. The molecule has 13 heteroatoms. The van der Waals surface area contributed by atoms with E-state index in [2.05, 4.69) is 405 Å². The summed E-state index contributed by atoms with van der Waals surface area (Å²) in [5.74, 6) is 2.74. The summed E-state index contributed by atoms with van der Waals surface area (Å²) in [6, 6.07) is 169. The van der Waals surface area contributed by atoms with E-state index in [-0.39, 0.29) is 12.3 Å². The smallest absolute Gasteiger partial charge is 0.165 e. The maximum absolute atomic E-state index is 6.72. The van der Waals surface area contributed by atoms with Crippen LogP contribution in [0.5, 0.6) is 0 Å². The minimum atomic E-state index is -0.178. The van der Waals surface area contributed by atoms with Crippen LogP contribution in [-0.4, -0.2) is 43.2 Å². The van der Waals surface area contributed by atoms with Gasteiger partial charge in [0.1, 0.15) is 22.4 Å². The molecule has 142 heavy (non-hydrogen) atoms. The van der Waals surface area contributed by atoms with Crippen LogP contribution in [0.1, 0.15) is 23.5 Å². The molecular formula is C129H83N11O2. The highest BCUT2D eigenvalue weighted by Crippen LogP contribution is 2.50. The number of anilines is 1. The average Bonchev–Trinajstić information content (AvgIpc) is 1.54. The number of hydrogen-bond acceptors (Lipinski definition) is 9. The standard InChI is InChI=1S/C48H30N4.C43H26N4O.C38H27N3O/c1-3-14-32(15-4-1)47-48(50-41-21-11-10-20-40(41)49-47)52-42-22-12-9-19-37(42)38-29-33(24-26-43(38)52)34-25-27-44-39(30-34)46-36-18-8-7-13-31(36)23-28-45(46)51(44)35-16-5-2-6-17-35;1-3-13-27(14-4-1)41-44-42(28-15-5-2-6-16-28)46-43(45-41)29-23-25-30(26-24-29)47-35-21-11-9-19-33(35)37-31-17-7-8-18-32(31)38-34-20-10-12-22-36(34)48-40(38)39(37)47;1-2-10-24(11-3-1)25-18-20-26(21-19-25)36-29-13-4-7-15-31(29)39-38(40-36)41-32-16-8-5-14-30(32)35-33(41)23-22-28-27-12-6-9-17-34(27)42-37(28)35/h1-30H;1-26H;1-23,36,38-40H. The molecule has 0 aliphatic carbocycles. The highest BCUT2D eigenvalue weighted by Gasteiger charge is 2.33. The van der Waals surface area contributed by atoms with Crippen LogP contribution in [-0.2, 0) is 0 Å². The molecule has 1 aliphatic heterocycles. The van der Waals surface area contributed by atoms with Crippen molar-refractivity contribution in [3.05, 3.63) is 490 Å². The first-order valence-corrected chi connectivity index (χ1v) is 48.2. The van der Waals surface area contributed by atoms with Gasteiger partial charge in [-0.2, -0.15) is 0 Å². The minimum Gasteiger partial charge on any atom is -0.455 e. The molecule has 2 N–H and O–H groups in total. The lowest BCUT2D eigenvalue weighted by molar-refractivity contribution is 0.417. The van der Waals surface area contributed by atoms with E-state index in [1.54, 1.807) is 0 Å². The van der Waals surface area contributed by atoms with Gasteiger partial charge in [0.2, 0.25) is 0 Å². The number of hydrogen-bond donors (Lipinski definition) is 2. The van der Waals surface area contributed by atoms with Gasteiger partial charge in [0.05, 0.1) is 66.6 Å². The maximum Gasteiger partial charge on any atom is 0.165 e. The van der Waals surface area contributed by atoms with E-state index in [1.807, 2.05) is 103 Å². The van der Waals surface area contributed by atoms with Crippen molar-refractivity contribution in [2.45, 2.75) is 12.3 Å². The normalized spacial score (nSPS) is 13.2. The Bertz CT molecular complexity index is 10000. The Morgan fingerprint density at radius 1 is 0.239 bits per heavy atom. The van der Waals surface area contributed by atoms with Crippen molar-refractivity contribution in [3.63, 3.8) is 0 Å². The Morgan fingerprint density at radius 3 is 1.37 bits per heavy atom. The number of para-hydroxylation sites is 9. The zero-order valence-corrected chi connectivity index (χ0v) is 76.6. The molecule has 1 aliphatic rings. The van der Waals surface area contributed by atoms with Crippen LogP contribution < -0.4 is 10.6 Å². The van der Waals surface area contributed by atoms with Crippen molar-refractivity contribution in [1.82, 2.24) is 48.5 Å². The molecule has 0 bridgehead atoms. The first-order valence-electron chi connectivity index (χ1n) is 48.2. The maximum atomic E-state index is 6.72. The molecule has 666 valence electrons. The molecule has 0 spiro atoms. The van der Waals surface area contributed by atoms with E-state index in [0.717, 1.165) is 144 Å². The van der Waals surface area contributed by atoms with Crippen molar-refractivity contribution in [2.75, 3.05) is 5.32 Å². The molecule has 29 aromatic rings. The Balaban J connectivity index is 0.000000105. The highest BCUT2D eigenvalue weighted by atomic mass is 16.3. The fourth-order valence-corrected chi connectivity index (χ4v) is 22.0. The van der Waals surface area contributed by atoms with Crippen LogP contribution in [0.3, 0.4) is 0 Å². The topological polar surface area (TPSA) is 135 Å². The summed E-state index contributed by atoms with van der Waals surface area (Å²) in [5.41, 5.74) is 29.7. The van der Waals surface area contributed by atoms with Crippen molar-refractivity contribution in [3.8, 4) is 84.9 Å². The van der Waals surface area contributed by atoms with E-state index >= 15 is 0 Å². The molecule has 0 radical (unpaired) electrons. The van der Waals surface area contributed by atoms with Gasteiger partial charge >= 0.3 is 0 Å². The summed E-state index contributed by atoms with van der Waals surface area (Å²) in [6.45, 7) is 0. The van der Waals surface area contributed by atoms with E-state index in [1.165, 1.54) is 104 Å². The molecule has 9 heterocycles. The number of nitrogens with zero attached hydrogens (tertiary/aromatic N) is 9. The van der Waals surface area contributed by atoms with Gasteiger partial charge in [0.15, 0.2) is 35.2 Å². The highest BCUT2D eigenvalue weighted by molar-refractivity contribution is 6.35. The molecule has 30 rings (SSSR count). The number of fused-ring (bicyclic) bond motifs is 27. The summed E-state index contributed by atoms with van der Waals surface area (Å²) < 4.78 is 22.6. The van der Waals surface area contributed by atoms with Gasteiger partial charge in [-0.3, -0.25) is 9.88 Å². The van der Waals surface area contributed by atoms with E-state index in [4.69, 9.17) is 33.8 Å². The van der Waals surface area contributed by atoms with Gasteiger partial charge in [-0.1, -0.05) is 352 Å². The van der Waals surface area contributed by atoms with Gasteiger partial charge in [0.25, 0.3) is 0 Å². The van der Waals surface area contributed by atoms with Gasteiger partial charge in [-0.25, -0.2) is 24.9 Å². The zero-order chi connectivity index (χ0) is 93.4. The SMILES string of the molecule is c1ccc(-c2ccc(C3NC(n4c5ccccc5c5c6oc7ccccc7c6ccc54)Nc4ccccc43)cc2)cc1.c1ccc(-c2nc(-c3ccccc3)nc(-c3ccc(-n4c5ccccc5c5c6ccccc6c6c7ccccc7oc6c54)cc3)n2)cc1.c1ccc(-c2nc3ccccc3nc2-n2c3ccccc3c3cc(-c4ccc5c(c4)c4c6ccccc6ccc4n5-c4ccccc4)ccc32)cc1. The van der Waals surface area contributed by atoms with Crippen molar-refractivity contribution < 1.29 is 8.83 Å². The lowest BCUT2D eigenvalue weighted by Gasteiger charge is -2.36. The predicted octanol–water partition coefficient (Wildman–Crippen LogP) is 33.0. The minimum absolute atomic E-state index is 0.0171. The number of aromatic nitrogens is 9. The van der Waals surface area contributed by atoms with E-state index < -0.39 is 0 Å². The van der Waals surface area contributed by atoms with Crippen molar-refractivity contribution in [2.24, 2.45) is 0 Å².